The summed E-state index contributed by atoms with van der Waals surface area (Å²) in [6, 6.07) is 7.21. The maximum atomic E-state index is 11.5. The van der Waals surface area contributed by atoms with E-state index in [1.54, 1.807) is 0 Å². The van der Waals surface area contributed by atoms with Gasteiger partial charge in [0.15, 0.2) is 0 Å². The number of hydrogen-bond acceptors (Lipinski definition) is 3. The molecule has 4 heteroatoms. The molecule has 1 aromatic heterocycles. The third-order valence-corrected chi connectivity index (χ3v) is 2.90. The molecule has 3 N–H and O–H groups in total. The Labute approximate surface area is 92.5 Å². The quantitative estimate of drug-likeness (QED) is 0.696. The summed E-state index contributed by atoms with van der Waals surface area (Å²) in [4.78, 5) is 15.9. The van der Waals surface area contributed by atoms with Gasteiger partial charge in [-0.1, -0.05) is 18.2 Å². The summed E-state index contributed by atoms with van der Waals surface area (Å²) >= 11 is 0. The van der Waals surface area contributed by atoms with Crippen molar-refractivity contribution in [2.24, 2.45) is 5.73 Å². The van der Waals surface area contributed by atoms with Gasteiger partial charge in [-0.15, -0.1) is 0 Å². The highest BCUT2D eigenvalue weighted by molar-refractivity contribution is 6.09. The third kappa shape index (κ3) is 1.13. The van der Waals surface area contributed by atoms with E-state index < -0.39 is 6.04 Å². The van der Waals surface area contributed by atoms with Crippen LogP contribution in [0.1, 0.15) is 17.3 Å². The monoisotopic (exact) mass is 213 g/mol. The van der Waals surface area contributed by atoms with Crippen LogP contribution in [0.4, 0.5) is 5.69 Å². The number of nitrogens with one attached hydrogen (secondary N) is 1. The SMILES string of the molecule is Cc1ccc2ccc3c(c2n1)NC(=O)C3N. The van der Waals surface area contributed by atoms with Crippen molar-refractivity contribution in [2.45, 2.75) is 13.0 Å². The van der Waals surface area contributed by atoms with E-state index in [9.17, 15) is 4.79 Å². The van der Waals surface area contributed by atoms with Gasteiger partial charge in [-0.05, 0) is 13.0 Å². The Morgan fingerprint density at radius 1 is 1.31 bits per heavy atom. The fourth-order valence-corrected chi connectivity index (χ4v) is 2.03. The van der Waals surface area contributed by atoms with Crippen molar-refractivity contribution in [3.8, 4) is 0 Å². The van der Waals surface area contributed by atoms with Crippen molar-refractivity contribution in [2.75, 3.05) is 5.32 Å². The highest BCUT2D eigenvalue weighted by Gasteiger charge is 2.28. The molecule has 1 aromatic carbocycles. The standard InChI is InChI=1S/C12H11N3O/c1-6-2-3-7-4-5-8-9(13)12(16)15-11(8)10(7)14-6/h2-5,9H,13H2,1H3,(H,15,16). The van der Waals surface area contributed by atoms with Crippen LogP contribution >= 0.6 is 0 Å². The summed E-state index contributed by atoms with van der Waals surface area (Å²) in [6.45, 7) is 1.93. The maximum absolute atomic E-state index is 11.5. The van der Waals surface area contributed by atoms with Crippen molar-refractivity contribution in [1.82, 2.24) is 4.98 Å². The van der Waals surface area contributed by atoms with Crippen molar-refractivity contribution in [3.05, 3.63) is 35.5 Å². The Morgan fingerprint density at radius 2 is 2.06 bits per heavy atom. The van der Waals surface area contributed by atoms with Gasteiger partial charge in [0.05, 0.1) is 11.2 Å². The van der Waals surface area contributed by atoms with E-state index >= 15 is 0 Å². The molecule has 1 aliphatic rings. The Balaban J connectivity index is 2.37. The molecule has 0 fully saturated rings. The van der Waals surface area contributed by atoms with Crippen LogP contribution in [0.5, 0.6) is 0 Å². The minimum absolute atomic E-state index is 0.161. The molecular formula is C12H11N3O. The largest absolute Gasteiger partial charge is 0.322 e. The normalized spacial score (nSPS) is 18.6. The summed E-state index contributed by atoms with van der Waals surface area (Å²) in [6.07, 6.45) is 0. The van der Waals surface area contributed by atoms with Gasteiger partial charge >= 0.3 is 0 Å². The van der Waals surface area contributed by atoms with E-state index in [0.29, 0.717) is 0 Å². The Morgan fingerprint density at radius 3 is 2.88 bits per heavy atom. The van der Waals surface area contributed by atoms with Gasteiger partial charge in [-0.2, -0.15) is 0 Å². The molecule has 16 heavy (non-hydrogen) atoms. The van der Waals surface area contributed by atoms with E-state index in [1.807, 2.05) is 31.2 Å². The Bertz CT molecular complexity index is 606. The number of pyridine rings is 1. The highest BCUT2D eigenvalue weighted by atomic mass is 16.2. The molecule has 1 amide bonds. The van der Waals surface area contributed by atoms with Gasteiger partial charge in [-0.25, -0.2) is 0 Å². The number of carbonyl (C=O) groups is 1. The number of fused-ring (bicyclic) bond motifs is 3. The molecule has 0 spiro atoms. The molecule has 1 unspecified atom stereocenters. The number of anilines is 1. The van der Waals surface area contributed by atoms with Crippen LogP contribution in [0.25, 0.3) is 10.9 Å². The third-order valence-electron chi connectivity index (χ3n) is 2.90. The lowest BCUT2D eigenvalue weighted by Crippen LogP contribution is -2.19. The van der Waals surface area contributed by atoms with Crippen LogP contribution in [0.3, 0.4) is 0 Å². The summed E-state index contributed by atoms with van der Waals surface area (Å²) in [5, 5.41) is 3.80. The maximum Gasteiger partial charge on any atom is 0.246 e. The van der Waals surface area contributed by atoms with E-state index in [2.05, 4.69) is 10.3 Å². The van der Waals surface area contributed by atoms with Crippen molar-refractivity contribution in [3.63, 3.8) is 0 Å². The average molecular weight is 213 g/mol. The highest BCUT2D eigenvalue weighted by Crippen LogP contribution is 2.34. The zero-order valence-electron chi connectivity index (χ0n) is 8.82. The predicted octanol–water partition coefficient (Wildman–Crippen LogP) is 1.50. The van der Waals surface area contributed by atoms with Crippen LogP contribution in [0.2, 0.25) is 0 Å². The van der Waals surface area contributed by atoms with Crippen LogP contribution in [-0.4, -0.2) is 10.9 Å². The average Bonchev–Trinajstić information content (AvgIpc) is 2.56. The first-order valence-electron chi connectivity index (χ1n) is 5.13. The van der Waals surface area contributed by atoms with Gasteiger partial charge in [0, 0.05) is 16.6 Å². The summed E-state index contributed by atoms with van der Waals surface area (Å²) < 4.78 is 0. The van der Waals surface area contributed by atoms with Gasteiger partial charge in [0.1, 0.15) is 6.04 Å². The number of aromatic nitrogens is 1. The number of nitrogens with zero attached hydrogens (tertiary/aromatic N) is 1. The first-order valence-corrected chi connectivity index (χ1v) is 5.13. The lowest BCUT2D eigenvalue weighted by Gasteiger charge is -2.05. The second-order valence-electron chi connectivity index (χ2n) is 4.02. The topological polar surface area (TPSA) is 68.0 Å². The first kappa shape index (κ1) is 9.30. The molecule has 1 atom stereocenters. The zero-order valence-corrected chi connectivity index (χ0v) is 8.82. The molecule has 0 bridgehead atoms. The number of amides is 1. The Kier molecular flexibility index (Phi) is 1.76. The second-order valence-corrected chi connectivity index (χ2v) is 4.02. The van der Waals surface area contributed by atoms with E-state index in [-0.39, 0.29) is 5.91 Å². The van der Waals surface area contributed by atoms with Crippen LogP contribution < -0.4 is 11.1 Å². The van der Waals surface area contributed by atoms with Gasteiger partial charge in [0.25, 0.3) is 0 Å². The Hall–Kier alpha value is -1.94. The molecule has 3 rings (SSSR count). The minimum atomic E-state index is -0.568. The first-order chi connectivity index (χ1) is 7.66. The number of benzene rings is 1. The van der Waals surface area contributed by atoms with Crippen LogP contribution in [0, 0.1) is 6.92 Å². The number of carbonyl (C=O) groups excluding carboxylic acids is 1. The van der Waals surface area contributed by atoms with E-state index in [1.165, 1.54) is 0 Å². The van der Waals surface area contributed by atoms with Gasteiger partial charge < -0.3 is 11.1 Å². The minimum Gasteiger partial charge on any atom is -0.322 e. The lowest BCUT2D eigenvalue weighted by molar-refractivity contribution is -0.116. The van der Waals surface area contributed by atoms with Crippen molar-refractivity contribution < 1.29 is 4.79 Å². The number of rotatable bonds is 0. The van der Waals surface area contributed by atoms with Gasteiger partial charge in [0.2, 0.25) is 5.91 Å². The number of hydrogen-bond donors (Lipinski definition) is 2. The molecular weight excluding hydrogens is 202 g/mol. The smallest absolute Gasteiger partial charge is 0.246 e. The van der Waals surface area contributed by atoms with Crippen LogP contribution in [0.15, 0.2) is 24.3 Å². The second kappa shape index (κ2) is 3.02. The zero-order chi connectivity index (χ0) is 11.3. The molecule has 0 saturated carbocycles. The molecule has 0 aliphatic carbocycles. The summed E-state index contributed by atoms with van der Waals surface area (Å²) in [7, 11) is 0. The molecule has 2 aromatic rings. The molecule has 80 valence electrons. The molecule has 4 nitrogen and oxygen atoms in total. The number of aryl methyl sites for hydroxylation is 1. The summed E-state index contributed by atoms with van der Waals surface area (Å²) in [5.74, 6) is -0.161. The fourth-order valence-electron chi connectivity index (χ4n) is 2.03. The van der Waals surface area contributed by atoms with E-state index in [4.69, 9.17) is 5.73 Å². The molecule has 0 saturated heterocycles. The predicted molar refractivity (Wildman–Crippen MR) is 62.0 cm³/mol. The van der Waals surface area contributed by atoms with Crippen LogP contribution in [-0.2, 0) is 4.79 Å². The molecule has 1 aliphatic heterocycles. The molecule has 2 heterocycles. The lowest BCUT2D eigenvalue weighted by atomic mass is 10.1. The van der Waals surface area contributed by atoms with E-state index in [0.717, 1.165) is 27.8 Å². The fraction of sp³-hybridized carbons (Fsp3) is 0.167. The number of nitrogens with two attached hydrogens (primary N) is 1. The summed E-state index contributed by atoms with van der Waals surface area (Å²) in [5.41, 5.74) is 9.12. The molecule has 0 radical (unpaired) electrons. The van der Waals surface area contributed by atoms with Gasteiger partial charge in [-0.3, -0.25) is 9.78 Å². The van der Waals surface area contributed by atoms with Crippen molar-refractivity contribution in [1.29, 1.82) is 0 Å². The van der Waals surface area contributed by atoms with Crippen molar-refractivity contribution >= 4 is 22.5 Å².